The third-order valence-electron chi connectivity index (χ3n) is 3.56. The predicted octanol–water partition coefficient (Wildman–Crippen LogP) is 4.70. The van der Waals surface area contributed by atoms with Crippen molar-refractivity contribution in [3.63, 3.8) is 0 Å². The number of esters is 1. The molecule has 2 aromatic carbocycles. The van der Waals surface area contributed by atoms with Crippen LogP contribution in [0.1, 0.15) is 18.1 Å². The maximum absolute atomic E-state index is 12.1. The molecule has 5 nitrogen and oxygen atoms in total. The molecule has 0 fully saturated rings. The van der Waals surface area contributed by atoms with E-state index in [0.717, 1.165) is 9.13 Å². The molecule has 0 atom stereocenters. The van der Waals surface area contributed by atoms with Crippen LogP contribution in [0.5, 0.6) is 11.5 Å². The number of nitrogens with zero attached hydrogens (tertiary/aromatic N) is 1. The molecule has 0 aliphatic carbocycles. The van der Waals surface area contributed by atoms with Crippen LogP contribution in [-0.4, -0.2) is 25.6 Å². The van der Waals surface area contributed by atoms with E-state index < -0.39 is 5.97 Å². The van der Waals surface area contributed by atoms with Gasteiger partial charge in [-0.25, -0.2) is 9.79 Å². The summed E-state index contributed by atoms with van der Waals surface area (Å²) in [5.41, 5.74) is 1.60. The van der Waals surface area contributed by atoms with Crippen molar-refractivity contribution < 1.29 is 19.0 Å². The van der Waals surface area contributed by atoms with Crippen LogP contribution in [-0.2, 0) is 9.53 Å². The molecule has 26 heavy (non-hydrogen) atoms. The molecule has 0 amide bonds. The highest BCUT2D eigenvalue weighted by molar-refractivity contribution is 14.1. The number of ether oxygens (including phenoxy) is 3. The highest BCUT2D eigenvalue weighted by Gasteiger charge is 2.24. The number of hydrogen-bond donors (Lipinski definition) is 0. The Labute approximate surface area is 169 Å². The zero-order valence-corrected chi connectivity index (χ0v) is 17.0. The third-order valence-corrected chi connectivity index (χ3v) is 4.56. The molecule has 1 aliphatic rings. The van der Waals surface area contributed by atoms with Gasteiger partial charge in [-0.15, -0.1) is 0 Å². The number of rotatable bonds is 5. The Morgan fingerprint density at radius 3 is 2.65 bits per heavy atom. The van der Waals surface area contributed by atoms with Crippen LogP contribution in [0.3, 0.4) is 0 Å². The van der Waals surface area contributed by atoms with Crippen LogP contribution < -0.4 is 9.47 Å². The average Bonchev–Trinajstić information content (AvgIpc) is 2.98. The fraction of sp³-hybridized carbons (Fsp3) is 0.158. The molecule has 0 spiro atoms. The van der Waals surface area contributed by atoms with Crippen molar-refractivity contribution in [3.05, 3.63) is 61.8 Å². The van der Waals surface area contributed by atoms with Gasteiger partial charge in [-0.05, 0) is 77.6 Å². The first-order chi connectivity index (χ1) is 12.5. The topological polar surface area (TPSA) is 57.1 Å². The Bertz CT molecular complexity index is 907. The molecule has 0 radical (unpaired) electrons. The smallest absolute Gasteiger partial charge is 0.363 e. The first-order valence-corrected chi connectivity index (χ1v) is 9.26. The molecular formula is C19H15ClINO4. The van der Waals surface area contributed by atoms with E-state index in [2.05, 4.69) is 27.6 Å². The molecule has 134 valence electrons. The molecule has 0 unspecified atom stereocenters. The zero-order chi connectivity index (χ0) is 18.7. The summed E-state index contributed by atoms with van der Waals surface area (Å²) >= 11 is 8.47. The van der Waals surface area contributed by atoms with Crippen molar-refractivity contribution in [1.29, 1.82) is 0 Å². The maximum atomic E-state index is 12.1. The Morgan fingerprint density at radius 2 is 2.00 bits per heavy atom. The van der Waals surface area contributed by atoms with Crippen molar-refractivity contribution in [2.24, 2.45) is 4.99 Å². The van der Waals surface area contributed by atoms with Crippen molar-refractivity contribution in [3.8, 4) is 11.5 Å². The lowest BCUT2D eigenvalue weighted by atomic mass is 10.1. The summed E-state index contributed by atoms with van der Waals surface area (Å²) in [4.78, 5) is 16.4. The van der Waals surface area contributed by atoms with Gasteiger partial charge < -0.3 is 14.2 Å². The number of aliphatic imine (C=N–C) groups is 1. The molecule has 7 heteroatoms. The van der Waals surface area contributed by atoms with Gasteiger partial charge >= 0.3 is 5.97 Å². The second kappa shape index (κ2) is 8.09. The zero-order valence-electron chi connectivity index (χ0n) is 14.1. The lowest BCUT2D eigenvalue weighted by Crippen LogP contribution is -2.05. The van der Waals surface area contributed by atoms with Crippen molar-refractivity contribution >= 4 is 52.1 Å². The quantitative estimate of drug-likeness (QED) is 0.352. The first-order valence-electron chi connectivity index (χ1n) is 7.80. The number of benzene rings is 2. The van der Waals surface area contributed by atoms with E-state index in [-0.39, 0.29) is 11.6 Å². The monoisotopic (exact) mass is 483 g/mol. The third kappa shape index (κ3) is 4.02. The van der Waals surface area contributed by atoms with Gasteiger partial charge in [0.1, 0.15) is 0 Å². The minimum absolute atomic E-state index is 0.195. The van der Waals surface area contributed by atoms with Crippen LogP contribution in [0.25, 0.3) is 6.08 Å². The average molecular weight is 484 g/mol. The first kappa shape index (κ1) is 18.7. The van der Waals surface area contributed by atoms with Gasteiger partial charge in [-0.1, -0.05) is 11.6 Å². The van der Waals surface area contributed by atoms with E-state index in [1.165, 1.54) is 7.11 Å². The van der Waals surface area contributed by atoms with Crippen LogP contribution in [0.4, 0.5) is 0 Å². The molecule has 0 aromatic heterocycles. The summed E-state index contributed by atoms with van der Waals surface area (Å²) in [6.45, 7) is 2.33. The van der Waals surface area contributed by atoms with Gasteiger partial charge in [-0.3, -0.25) is 0 Å². The Balaban J connectivity index is 1.95. The van der Waals surface area contributed by atoms with E-state index in [0.29, 0.717) is 28.7 Å². The lowest BCUT2D eigenvalue weighted by molar-refractivity contribution is -0.129. The number of hydrogen-bond acceptors (Lipinski definition) is 5. The van der Waals surface area contributed by atoms with E-state index in [9.17, 15) is 4.79 Å². The number of carbonyl (C=O) groups excluding carboxylic acids is 1. The number of cyclic esters (lactones) is 1. The molecule has 0 saturated heterocycles. The molecule has 0 bridgehead atoms. The van der Waals surface area contributed by atoms with E-state index >= 15 is 0 Å². The minimum Gasteiger partial charge on any atom is -0.493 e. The van der Waals surface area contributed by atoms with Gasteiger partial charge in [0, 0.05) is 9.13 Å². The van der Waals surface area contributed by atoms with Crippen LogP contribution in [0.2, 0.25) is 5.02 Å². The van der Waals surface area contributed by atoms with Gasteiger partial charge in [0.05, 0.1) is 18.7 Å². The van der Waals surface area contributed by atoms with Crippen LogP contribution in [0, 0.1) is 3.57 Å². The van der Waals surface area contributed by atoms with E-state index in [1.807, 2.05) is 31.2 Å². The fourth-order valence-electron chi connectivity index (χ4n) is 2.39. The van der Waals surface area contributed by atoms with Crippen LogP contribution >= 0.6 is 34.2 Å². The van der Waals surface area contributed by atoms with E-state index in [4.69, 9.17) is 25.8 Å². The molecule has 2 aromatic rings. The molecule has 0 saturated carbocycles. The second-order valence-corrected chi connectivity index (χ2v) is 6.96. The second-order valence-electron chi connectivity index (χ2n) is 5.31. The van der Waals surface area contributed by atoms with Gasteiger partial charge in [0.25, 0.3) is 0 Å². The standard InChI is InChI=1S/C19H15ClINO4/c1-3-25-17-14(20)8-11(10-16(17)24-2)9-15-19(23)26-18(22-15)12-4-6-13(21)7-5-12/h4-10H,3H2,1-2H3/b15-9-. The summed E-state index contributed by atoms with van der Waals surface area (Å²) in [5, 5.41) is 0.395. The van der Waals surface area contributed by atoms with Crippen molar-refractivity contribution in [2.45, 2.75) is 6.92 Å². The summed E-state index contributed by atoms with van der Waals surface area (Å²) in [6.07, 6.45) is 1.60. The van der Waals surface area contributed by atoms with Crippen molar-refractivity contribution in [1.82, 2.24) is 0 Å². The van der Waals surface area contributed by atoms with Gasteiger partial charge in [0.15, 0.2) is 17.2 Å². The molecule has 0 N–H and O–H groups in total. The normalized spacial score (nSPS) is 15.0. The summed E-state index contributed by atoms with van der Waals surface area (Å²) in [5.74, 6) is 0.722. The molecule has 1 aliphatic heterocycles. The summed E-state index contributed by atoms with van der Waals surface area (Å²) in [6, 6.07) is 11.0. The highest BCUT2D eigenvalue weighted by atomic mass is 127. The Kier molecular flexibility index (Phi) is 5.83. The summed E-state index contributed by atoms with van der Waals surface area (Å²) < 4.78 is 17.2. The predicted molar refractivity (Wildman–Crippen MR) is 109 cm³/mol. The van der Waals surface area contributed by atoms with E-state index in [1.54, 1.807) is 18.2 Å². The molecular weight excluding hydrogens is 469 g/mol. The SMILES string of the molecule is CCOc1c(Cl)cc(/C=C2\N=C(c3ccc(I)cc3)OC2=O)cc1OC. The van der Waals surface area contributed by atoms with Crippen LogP contribution in [0.15, 0.2) is 47.1 Å². The maximum Gasteiger partial charge on any atom is 0.363 e. The van der Waals surface area contributed by atoms with Crippen molar-refractivity contribution in [2.75, 3.05) is 13.7 Å². The highest BCUT2D eigenvalue weighted by Crippen LogP contribution is 2.37. The Morgan fingerprint density at radius 1 is 1.27 bits per heavy atom. The molecule has 3 rings (SSSR count). The Hall–Kier alpha value is -2.06. The van der Waals surface area contributed by atoms with Gasteiger partial charge in [0.2, 0.25) is 5.90 Å². The number of carbonyl (C=O) groups is 1. The molecule has 1 heterocycles. The number of methoxy groups -OCH3 is 1. The number of halogens is 2. The van der Waals surface area contributed by atoms with Gasteiger partial charge in [-0.2, -0.15) is 0 Å². The lowest BCUT2D eigenvalue weighted by Gasteiger charge is -2.11. The fourth-order valence-corrected chi connectivity index (χ4v) is 3.02. The largest absolute Gasteiger partial charge is 0.493 e. The minimum atomic E-state index is -0.512. The summed E-state index contributed by atoms with van der Waals surface area (Å²) in [7, 11) is 1.53.